The number of aromatic nitrogens is 4. The lowest BCUT2D eigenvalue weighted by Crippen LogP contribution is -2.33. The molecule has 118 valence electrons. The summed E-state index contributed by atoms with van der Waals surface area (Å²) in [6.07, 6.45) is 6.47. The molecule has 1 aliphatic rings. The Morgan fingerprint density at radius 1 is 1.18 bits per heavy atom. The molecule has 0 N–H and O–H groups in total. The van der Waals surface area contributed by atoms with Crippen LogP contribution in [0.25, 0.3) is 0 Å². The van der Waals surface area contributed by atoms with E-state index in [4.69, 9.17) is 4.98 Å². The third kappa shape index (κ3) is 3.13. The summed E-state index contributed by atoms with van der Waals surface area (Å²) in [5.41, 5.74) is 2.42. The fourth-order valence-corrected chi connectivity index (χ4v) is 3.09. The highest BCUT2D eigenvalue weighted by atomic mass is 15.2. The fourth-order valence-electron chi connectivity index (χ4n) is 3.09. The van der Waals surface area contributed by atoms with Gasteiger partial charge in [0.15, 0.2) is 0 Å². The molecule has 2 aromatic heterocycles. The van der Waals surface area contributed by atoms with Gasteiger partial charge in [0, 0.05) is 44.0 Å². The normalized spacial score (nSPS) is 16.5. The molecular weight excluding hydrogens is 274 g/mol. The number of anilines is 1. The van der Waals surface area contributed by atoms with E-state index in [1.807, 2.05) is 17.9 Å². The highest BCUT2D eigenvalue weighted by Gasteiger charge is 2.23. The number of hydrogen-bond donors (Lipinski definition) is 0. The molecule has 0 aromatic carbocycles. The molecule has 1 saturated heterocycles. The van der Waals surface area contributed by atoms with Gasteiger partial charge in [-0.15, -0.1) is 0 Å². The van der Waals surface area contributed by atoms with E-state index in [0.717, 1.165) is 43.3 Å². The summed E-state index contributed by atoms with van der Waals surface area (Å²) >= 11 is 0. The molecule has 5 nitrogen and oxygen atoms in total. The highest BCUT2D eigenvalue weighted by Crippen LogP contribution is 2.30. The Labute approximate surface area is 132 Å². The van der Waals surface area contributed by atoms with Gasteiger partial charge in [-0.2, -0.15) is 5.10 Å². The van der Waals surface area contributed by atoms with Crippen LogP contribution < -0.4 is 4.90 Å². The molecule has 3 heterocycles. The largest absolute Gasteiger partial charge is 0.356 e. The van der Waals surface area contributed by atoms with Crippen LogP contribution in [-0.2, 0) is 7.05 Å². The Morgan fingerprint density at radius 2 is 1.91 bits per heavy atom. The first kappa shape index (κ1) is 15.0. The summed E-state index contributed by atoms with van der Waals surface area (Å²) in [5.74, 6) is 3.02. The number of piperidine rings is 1. The Balaban J connectivity index is 1.71. The van der Waals surface area contributed by atoms with Crippen LogP contribution in [-0.4, -0.2) is 32.8 Å². The standard InChI is InChI=1S/C17H25N5/c1-12(2)17-19-13(3)9-16(20-17)22-7-5-14(6-8-22)15-10-18-21(4)11-15/h9-12,14H,5-8H2,1-4H3. The average molecular weight is 299 g/mol. The molecule has 2 aromatic rings. The minimum Gasteiger partial charge on any atom is -0.356 e. The second kappa shape index (κ2) is 6.07. The monoisotopic (exact) mass is 299 g/mol. The first-order chi connectivity index (χ1) is 10.5. The minimum atomic E-state index is 0.367. The average Bonchev–Trinajstić information content (AvgIpc) is 2.93. The van der Waals surface area contributed by atoms with Gasteiger partial charge < -0.3 is 4.90 Å². The molecule has 1 aliphatic heterocycles. The SMILES string of the molecule is Cc1cc(N2CCC(c3cnn(C)c3)CC2)nc(C(C)C)n1. The Bertz CT molecular complexity index is 638. The van der Waals surface area contributed by atoms with Gasteiger partial charge >= 0.3 is 0 Å². The van der Waals surface area contributed by atoms with Gasteiger partial charge in [-0.1, -0.05) is 13.8 Å². The van der Waals surface area contributed by atoms with Crippen LogP contribution in [0.3, 0.4) is 0 Å². The molecule has 0 amide bonds. The Morgan fingerprint density at radius 3 is 2.50 bits per heavy atom. The topological polar surface area (TPSA) is 46.8 Å². The van der Waals surface area contributed by atoms with Crippen molar-refractivity contribution >= 4 is 5.82 Å². The fraction of sp³-hybridized carbons (Fsp3) is 0.588. The van der Waals surface area contributed by atoms with Crippen molar-refractivity contribution in [2.24, 2.45) is 7.05 Å². The summed E-state index contributed by atoms with van der Waals surface area (Å²) < 4.78 is 1.89. The third-order valence-electron chi connectivity index (χ3n) is 4.39. The second-order valence-electron chi connectivity index (χ2n) is 6.59. The summed E-state index contributed by atoms with van der Waals surface area (Å²) in [6.45, 7) is 8.45. The molecular formula is C17H25N5. The van der Waals surface area contributed by atoms with Crippen LogP contribution in [0.2, 0.25) is 0 Å². The van der Waals surface area contributed by atoms with Gasteiger partial charge in [-0.05, 0) is 31.2 Å². The van der Waals surface area contributed by atoms with Gasteiger partial charge in [0.2, 0.25) is 0 Å². The molecule has 0 bridgehead atoms. The predicted octanol–water partition coefficient (Wildman–Crippen LogP) is 3.03. The van der Waals surface area contributed by atoms with Crippen molar-refractivity contribution in [3.8, 4) is 0 Å². The van der Waals surface area contributed by atoms with Crippen molar-refractivity contribution in [1.82, 2.24) is 19.7 Å². The number of rotatable bonds is 3. The molecule has 0 saturated carbocycles. The van der Waals surface area contributed by atoms with E-state index < -0.39 is 0 Å². The number of nitrogens with zero attached hydrogens (tertiary/aromatic N) is 5. The van der Waals surface area contributed by atoms with E-state index in [2.05, 4.69) is 48.0 Å². The first-order valence-electron chi connectivity index (χ1n) is 8.12. The maximum atomic E-state index is 4.76. The van der Waals surface area contributed by atoms with Crippen LogP contribution in [0.1, 0.15) is 55.6 Å². The molecule has 0 spiro atoms. The van der Waals surface area contributed by atoms with Crippen molar-refractivity contribution in [2.45, 2.75) is 45.4 Å². The number of aryl methyl sites for hydroxylation is 2. The van der Waals surface area contributed by atoms with E-state index in [1.165, 1.54) is 5.56 Å². The lowest BCUT2D eigenvalue weighted by atomic mass is 9.91. The molecule has 3 rings (SSSR count). The quantitative estimate of drug-likeness (QED) is 0.874. The first-order valence-corrected chi connectivity index (χ1v) is 8.12. The van der Waals surface area contributed by atoms with Gasteiger partial charge in [0.1, 0.15) is 11.6 Å². The van der Waals surface area contributed by atoms with Crippen LogP contribution in [0.5, 0.6) is 0 Å². The van der Waals surface area contributed by atoms with Crippen LogP contribution in [0.15, 0.2) is 18.5 Å². The van der Waals surface area contributed by atoms with Crippen LogP contribution in [0.4, 0.5) is 5.82 Å². The molecule has 0 atom stereocenters. The van der Waals surface area contributed by atoms with Gasteiger partial charge in [0.05, 0.1) is 6.20 Å². The van der Waals surface area contributed by atoms with E-state index >= 15 is 0 Å². The van der Waals surface area contributed by atoms with Crippen LogP contribution >= 0.6 is 0 Å². The molecule has 0 radical (unpaired) electrons. The van der Waals surface area contributed by atoms with Crippen molar-refractivity contribution < 1.29 is 0 Å². The van der Waals surface area contributed by atoms with Crippen LogP contribution in [0, 0.1) is 6.92 Å². The highest BCUT2D eigenvalue weighted by molar-refractivity contribution is 5.41. The molecule has 0 unspecified atom stereocenters. The summed E-state index contributed by atoms with van der Waals surface area (Å²) in [5, 5.41) is 4.29. The maximum Gasteiger partial charge on any atom is 0.133 e. The van der Waals surface area contributed by atoms with E-state index in [0.29, 0.717) is 11.8 Å². The summed E-state index contributed by atoms with van der Waals surface area (Å²) in [6, 6.07) is 2.11. The lowest BCUT2D eigenvalue weighted by molar-refractivity contribution is 0.501. The molecule has 22 heavy (non-hydrogen) atoms. The maximum absolute atomic E-state index is 4.76. The molecule has 5 heteroatoms. The van der Waals surface area contributed by atoms with Gasteiger partial charge in [0.25, 0.3) is 0 Å². The van der Waals surface area contributed by atoms with Gasteiger partial charge in [-0.3, -0.25) is 4.68 Å². The molecule has 0 aliphatic carbocycles. The summed E-state index contributed by atoms with van der Waals surface area (Å²) in [4.78, 5) is 11.7. The Hall–Kier alpha value is -1.91. The van der Waals surface area contributed by atoms with E-state index in [-0.39, 0.29) is 0 Å². The van der Waals surface area contributed by atoms with E-state index in [1.54, 1.807) is 0 Å². The lowest BCUT2D eigenvalue weighted by Gasteiger charge is -2.32. The number of hydrogen-bond acceptors (Lipinski definition) is 4. The zero-order valence-electron chi connectivity index (χ0n) is 14.0. The van der Waals surface area contributed by atoms with Crippen molar-refractivity contribution in [2.75, 3.05) is 18.0 Å². The smallest absolute Gasteiger partial charge is 0.133 e. The minimum absolute atomic E-state index is 0.367. The Kier molecular flexibility index (Phi) is 4.14. The van der Waals surface area contributed by atoms with Crippen molar-refractivity contribution in [1.29, 1.82) is 0 Å². The second-order valence-corrected chi connectivity index (χ2v) is 6.59. The van der Waals surface area contributed by atoms with Crippen molar-refractivity contribution in [3.63, 3.8) is 0 Å². The van der Waals surface area contributed by atoms with E-state index in [9.17, 15) is 0 Å². The molecule has 1 fully saturated rings. The predicted molar refractivity (Wildman–Crippen MR) is 88.3 cm³/mol. The zero-order chi connectivity index (χ0) is 15.7. The van der Waals surface area contributed by atoms with Crippen molar-refractivity contribution in [3.05, 3.63) is 35.5 Å². The summed E-state index contributed by atoms with van der Waals surface area (Å²) in [7, 11) is 1.98. The third-order valence-corrected chi connectivity index (χ3v) is 4.39. The van der Waals surface area contributed by atoms with Gasteiger partial charge in [-0.25, -0.2) is 9.97 Å². The zero-order valence-corrected chi connectivity index (χ0v) is 14.0.